The van der Waals surface area contributed by atoms with Crippen LogP contribution in [0.4, 0.5) is 0 Å². The van der Waals surface area contributed by atoms with Crippen molar-refractivity contribution in [2.45, 2.75) is 76.8 Å². The lowest BCUT2D eigenvalue weighted by Crippen LogP contribution is -2.50. The van der Waals surface area contributed by atoms with Gasteiger partial charge in [-0.1, -0.05) is 43.2 Å². The summed E-state index contributed by atoms with van der Waals surface area (Å²) < 4.78 is 0. The van der Waals surface area contributed by atoms with Crippen LogP contribution in [0.3, 0.4) is 0 Å². The third-order valence-electron chi connectivity index (χ3n) is 7.01. The van der Waals surface area contributed by atoms with Crippen LogP contribution in [-0.2, 0) is 6.42 Å². The summed E-state index contributed by atoms with van der Waals surface area (Å²) in [5.41, 5.74) is 1.85. The van der Waals surface area contributed by atoms with E-state index in [1.54, 1.807) is 0 Å². The summed E-state index contributed by atoms with van der Waals surface area (Å²) in [5, 5.41) is 7.23. The van der Waals surface area contributed by atoms with Crippen LogP contribution in [-0.4, -0.2) is 49.1 Å². The third-order valence-corrected chi connectivity index (χ3v) is 7.01. The van der Waals surface area contributed by atoms with Crippen molar-refractivity contribution in [3.05, 3.63) is 35.9 Å². The molecule has 4 rings (SSSR count). The number of likely N-dealkylation sites (tertiary alicyclic amines) is 1. The molecule has 2 aliphatic carbocycles. The second kappa shape index (κ2) is 11.0. The number of aliphatic imine (C=N–C) groups is 1. The van der Waals surface area contributed by atoms with Gasteiger partial charge in [-0.15, -0.1) is 24.0 Å². The van der Waals surface area contributed by atoms with E-state index < -0.39 is 0 Å². The normalized spacial score (nSPS) is 22.9. The summed E-state index contributed by atoms with van der Waals surface area (Å²) in [5.74, 6) is 1.03. The van der Waals surface area contributed by atoms with Gasteiger partial charge in [0.05, 0.1) is 0 Å². The molecule has 0 radical (unpaired) electrons. The predicted molar refractivity (Wildman–Crippen MR) is 133 cm³/mol. The maximum atomic E-state index is 5.02. The zero-order valence-electron chi connectivity index (χ0n) is 18.0. The minimum Gasteiger partial charge on any atom is -0.357 e. The van der Waals surface area contributed by atoms with Gasteiger partial charge in [0.1, 0.15) is 0 Å². The van der Waals surface area contributed by atoms with E-state index in [0.29, 0.717) is 11.5 Å². The first-order chi connectivity index (χ1) is 13.8. The molecular weight excluding hydrogens is 471 g/mol. The number of rotatable bonds is 7. The Bertz CT molecular complexity index is 630. The number of nitrogens with zero attached hydrogens (tertiary/aromatic N) is 2. The lowest BCUT2D eigenvalue weighted by atomic mass is 9.97. The largest absolute Gasteiger partial charge is 0.357 e. The van der Waals surface area contributed by atoms with E-state index in [1.807, 2.05) is 0 Å². The number of benzene rings is 1. The second-order valence-corrected chi connectivity index (χ2v) is 9.25. The number of hydrogen-bond donors (Lipinski definition) is 2. The predicted octanol–water partition coefficient (Wildman–Crippen LogP) is 4.59. The Balaban J connectivity index is 0.00000240. The van der Waals surface area contributed by atoms with E-state index in [4.69, 9.17) is 4.99 Å². The van der Waals surface area contributed by atoms with Crippen LogP contribution in [0.5, 0.6) is 0 Å². The van der Waals surface area contributed by atoms with Crippen molar-refractivity contribution in [1.29, 1.82) is 0 Å². The van der Waals surface area contributed by atoms with Crippen LogP contribution in [0.15, 0.2) is 35.3 Å². The van der Waals surface area contributed by atoms with Gasteiger partial charge < -0.3 is 15.5 Å². The van der Waals surface area contributed by atoms with E-state index in [9.17, 15) is 0 Å². The topological polar surface area (TPSA) is 39.7 Å². The summed E-state index contributed by atoms with van der Waals surface area (Å²) >= 11 is 0. The fourth-order valence-corrected chi connectivity index (χ4v) is 5.03. The first kappa shape index (κ1) is 22.9. The zero-order chi connectivity index (χ0) is 19.2. The Morgan fingerprint density at radius 3 is 2.38 bits per heavy atom. The van der Waals surface area contributed by atoms with Crippen molar-refractivity contribution in [2.24, 2.45) is 10.4 Å². The summed E-state index contributed by atoms with van der Waals surface area (Å²) in [6, 6.07) is 12.4. The fraction of sp³-hybridized carbons (Fsp3) is 0.708. The van der Waals surface area contributed by atoms with Crippen molar-refractivity contribution in [3.8, 4) is 0 Å². The SMILES string of the molecule is CCNC(=NCC1(Cc2ccccc2)CC1)NC1CCN(C2CCCC2)CC1.I. The molecule has 2 saturated carbocycles. The van der Waals surface area contributed by atoms with Crippen LogP contribution in [0.25, 0.3) is 0 Å². The van der Waals surface area contributed by atoms with Gasteiger partial charge in [0, 0.05) is 38.3 Å². The first-order valence-corrected chi connectivity index (χ1v) is 11.6. The highest BCUT2D eigenvalue weighted by Crippen LogP contribution is 2.48. The number of halogens is 1. The maximum absolute atomic E-state index is 5.02. The fourth-order valence-electron chi connectivity index (χ4n) is 5.03. The highest BCUT2D eigenvalue weighted by molar-refractivity contribution is 14.0. The van der Waals surface area contributed by atoms with E-state index in [0.717, 1.165) is 31.5 Å². The molecule has 1 heterocycles. The minimum absolute atomic E-state index is 0. The highest BCUT2D eigenvalue weighted by atomic mass is 127. The van der Waals surface area contributed by atoms with E-state index >= 15 is 0 Å². The summed E-state index contributed by atoms with van der Waals surface area (Å²) in [4.78, 5) is 7.76. The van der Waals surface area contributed by atoms with Gasteiger partial charge in [-0.25, -0.2) is 0 Å². The number of piperidine rings is 1. The molecule has 5 heteroatoms. The van der Waals surface area contributed by atoms with Gasteiger partial charge in [-0.2, -0.15) is 0 Å². The van der Waals surface area contributed by atoms with Crippen LogP contribution < -0.4 is 10.6 Å². The molecule has 0 unspecified atom stereocenters. The van der Waals surface area contributed by atoms with Gasteiger partial charge in [0.2, 0.25) is 0 Å². The average molecular weight is 511 g/mol. The van der Waals surface area contributed by atoms with Gasteiger partial charge in [-0.3, -0.25) is 4.99 Å². The molecule has 0 aromatic heterocycles. The lowest BCUT2D eigenvalue weighted by Gasteiger charge is -2.36. The molecule has 1 aliphatic heterocycles. The zero-order valence-corrected chi connectivity index (χ0v) is 20.4. The Morgan fingerprint density at radius 2 is 1.76 bits per heavy atom. The summed E-state index contributed by atoms with van der Waals surface area (Å²) in [7, 11) is 0. The highest BCUT2D eigenvalue weighted by Gasteiger charge is 2.42. The van der Waals surface area contributed by atoms with Crippen molar-refractivity contribution in [3.63, 3.8) is 0 Å². The van der Waals surface area contributed by atoms with Crippen molar-refractivity contribution >= 4 is 29.9 Å². The van der Waals surface area contributed by atoms with Crippen molar-refractivity contribution in [2.75, 3.05) is 26.2 Å². The molecule has 1 aromatic rings. The molecule has 1 aromatic carbocycles. The molecule has 4 nitrogen and oxygen atoms in total. The lowest BCUT2D eigenvalue weighted by molar-refractivity contribution is 0.150. The molecule has 3 aliphatic rings. The minimum atomic E-state index is 0. The Hall–Kier alpha value is -0.820. The van der Waals surface area contributed by atoms with Crippen LogP contribution in [0.2, 0.25) is 0 Å². The monoisotopic (exact) mass is 510 g/mol. The Morgan fingerprint density at radius 1 is 1.07 bits per heavy atom. The van der Waals surface area contributed by atoms with Crippen LogP contribution in [0, 0.1) is 5.41 Å². The molecule has 29 heavy (non-hydrogen) atoms. The molecule has 1 saturated heterocycles. The molecule has 2 N–H and O–H groups in total. The van der Waals surface area contributed by atoms with E-state index in [2.05, 4.69) is 52.8 Å². The molecule has 3 fully saturated rings. The van der Waals surface area contributed by atoms with Gasteiger partial charge in [-0.05, 0) is 62.8 Å². The van der Waals surface area contributed by atoms with Crippen LogP contribution >= 0.6 is 24.0 Å². The second-order valence-electron chi connectivity index (χ2n) is 9.25. The van der Waals surface area contributed by atoms with Crippen LogP contribution in [0.1, 0.15) is 63.9 Å². The quantitative estimate of drug-likeness (QED) is 0.320. The van der Waals surface area contributed by atoms with Gasteiger partial charge in [0.15, 0.2) is 5.96 Å². The molecular formula is C24H39IN4. The molecule has 0 bridgehead atoms. The Labute approximate surface area is 194 Å². The number of guanidine groups is 1. The number of hydrogen-bond acceptors (Lipinski definition) is 2. The molecule has 162 valence electrons. The van der Waals surface area contributed by atoms with Crippen molar-refractivity contribution < 1.29 is 0 Å². The standard InChI is InChI=1S/C24H38N4.HI/c1-2-25-23(26-19-24(14-15-24)18-20-8-4-3-5-9-20)27-21-12-16-28(17-13-21)22-10-6-7-11-22;/h3-5,8-9,21-22H,2,6-7,10-19H2,1H3,(H2,25,26,27);1H. The Kier molecular flexibility index (Phi) is 8.66. The first-order valence-electron chi connectivity index (χ1n) is 11.6. The summed E-state index contributed by atoms with van der Waals surface area (Å²) in [6.45, 7) is 6.53. The maximum Gasteiger partial charge on any atom is 0.191 e. The smallest absolute Gasteiger partial charge is 0.191 e. The van der Waals surface area contributed by atoms with Gasteiger partial charge >= 0.3 is 0 Å². The third kappa shape index (κ3) is 6.58. The molecule has 0 atom stereocenters. The molecule has 0 amide bonds. The van der Waals surface area contributed by atoms with Crippen molar-refractivity contribution in [1.82, 2.24) is 15.5 Å². The van der Waals surface area contributed by atoms with E-state index in [1.165, 1.54) is 70.0 Å². The number of nitrogens with one attached hydrogen (secondary N) is 2. The van der Waals surface area contributed by atoms with E-state index in [-0.39, 0.29) is 24.0 Å². The average Bonchev–Trinajstić information content (AvgIpc) is 3.26. The molecule has 0 spiro atoms. The van der Waals surface area contributed by atoms with Gasteiger partial charge in [0.25, 0.3) is 0 Å². The summed E-state index contributed by atoms with van der Waals surface area (Å²) in [6.07, 6.45) is 12.0.